The van der Waals surface area contributed by atoms with E-state index in [1.54, 1.807) is 0 Å². The van der Waals surface area contributed by atoms with Crippen LogP contribution in [0.25, 0.3) is 0 Å². The van der Waals surface area contributed by atoms with Crippen LogP contribution in [0.2, 0.25) is 0 Å². The molecule has 0 heterocycles. The minimum atomic E-state index is -4.51. The van der Waals surface area contributed by atoms with Crippen molar-refractivity contribution in [3.05, 3.63) is 70.8 Å². The van der Waals surface area contributed by atoms with Gasteiger partial charge in [0.25, 0.3) is 0 Å². The number of hydrogen-bond acceptors (Lipinski definition) is 1. The van der Waals surface area contributed by atoms with Gasteiger partial charge in [-0.05, 0) is 35.4 Å². The van der Waals surface area contributed by atoms with Crippen molar-refractivity contribution in [1.29, 1.82) is 0 Å². The second-order valence-corrected chi connectivity index (χ2v) is 4.62. The number of hydrogen-bond donors (Lipinski definition) is 1. The topological polar surface area (TPSA) is 20.2 Å². The molecule has 1 N–H and O–H groups in total. The van der Waals surface area contributed by atoms with Gasteiger partial charge >= 0.3 is 6.18 Å². The maximum atomic E-state index is 13.0. The molecule has 6 heteroatoms. The van der Waals surface area contributed by atoms with Crippen LogP contribution in [-0.2, 0) is 12.6 Å². The van der Waals surface area contributed by atoms with Gasteiger partial charge in [-0.2, -0.15) is 13.2 Å². The summed E-state index contributed by atoms with van der Waals surface area (Å²) in [6.07, 6.45) is -5.98. The van der Waals surface area contributed by atoms with Gasteiger partial charge in [0, 0.05) is 12.5 Å². The first kappa shape index (κ1) is 15.4. The molecule has 1 unspecified atom stereocenters. The lowest BCUT2D eigenvalue weighted by Gasteiger charge is -2.14. The second-order valence-electron chi connectivity index (χ2n) is 4.62. The largest absolute Gasteiger partial charge is 0.416 e. The van der Waals surface area contributed by atoms with E-state index in [-0.39, 0.29) is 17.5 Å². The number of halogens is 5. The highest BCUT2D eigenvalue weighted by Gasteiger charge is 2.30. The van der Waals surface area contributed by atoms with Crippen molar-refractivity contribution in [2.24, 2.45) is 0 Å². The Morgan fingerprint density at radius 3 is 2.14 bits per heavy atom. The van der Waals surface area contributed by atoms with Gasteiger partial charge in [-0.1, -0.05) is 12.1 Å². The van der Waals surface area contributed by atoms with Gasteiger partial charge in [-0.15, -0.1) is 0 Å². The van der Waals surface area contributed by atoms with Crippen LogP contribution in [-0.4, -0.2) is 5.11 Å². The fourth-order valence-corrected chi connectivity index (χ4v) is 1.99. The van der Waals surface area contributed by atoms with Crippen molar-refractivity contribution in [1.82, 2.24) is 0 Å². The first-order chi connectivity index (χ1) is 9.75. The number of benzene rings is 2. The SMILES string of the molecule is OC(Cc1cc(F)cc(F)c1)c1cccc(C(F)(F)F)c1. The number of rotatable bonds is 3. The highest BCUT2D eigenvalue weighted by molar-refractivity contribution is 5.29. The molecule has 0 fully saturated rings. The zero-order valence-corrected chi connectivity index (χ0v) is 10.7. The summed E-state index contributed by atoms with van der Waals surface area (Å²) < 4.78 is 63.8. The summed E-state index contributed by atoms with van der Waals surface area (Å²) in [5.74, 6) is -1.61. The summed E-state index contributed by atoms with van der Waals surface area (Å²) >= 11 is 0. The smallest absolute Gasteiger partial charge is 0.388 e. The van der Waals surface area contributed by atoms with Crippen LogP contribution in [0.1, 0.15) is 22.8 Å². The molecule has 112 valence electrons. The summed E-state index contributed by atoms with van der Waals surface area (Å²) in [5.41, 5.74) is -0.684. The van der Waals surface area contributed by atoms with Gasteiger partial charge in [0.15, 0.2) is 0 Å². The number of aliphatic hydroxyl groups is 1. The van der Waals surface area contributed by atoms with E-state index in [0.717, 1.165) is 24.3 Å². The fraction of sp³-hybridized carbons (Fsp3) is 0.200. The van der Waals surface area contributed by atoms with Crippen LogP contribution < -0.4 is 0 Å². The molecule has 0 amide bonds. The zero-order valence-electron chi connectivity index (χ0n) is 10.7. The maximum Gasteiger partial charge on any atom is 0.416 e. The Balaban J connectivity index is 2.22. The third kappa shape index (κ3) is 4.01. The van der Waals surface area contributed by atoms with E-state index >= 15 is 0 Å². The minimum Gasteiger partial charge on any atom is -0.388 e. The zero-order chi connectivity index (χ0) is 15.6. The van der Waals surface area contributed by atoms with Crippen LogP contribution in [0, 0.1) is 11.6 Å². The molecule has 0 aromatic heterocycles. The Morgan fingerprint density at radius 2 is 1.57 bits per heavy atom. The molecule has 21 heavy (non-hydrogen) atoms. The van der Waals surface area contributed by atoms with Crippen LogP contribution in [0.15, 0.2) is 42.5 Å². The Labute approximate surface area is 117 Å². The number of alkyl halides is 3. The molecule has 0 aliphatic carbocycles. The van der Waals surface area contributed by atoms with E-state index < -0.39 is 29.5 Å². The van der Waals surface area contributed by atoms with E-state index in [1.807, 2.05) is 0 Å². The monoisotopic (exact) mass is 302 g/mol. The second kappa shape index (κ2) is 5.81. The fourth-order valence-electron chi connectivity index (χ4n) is 1.99. The Morgan fingerprint density at radius 1 is 0.952 bits per heavy atom. The summed E-state index contributed by atoms with van der Waals surface area (Å²) in [5, 5.41) is 9.93. The summed E-state index contributed by atoms with van der Waals surface area (Å²) in [4.78, 5) is 0. The van der Waals surface area contributed by atoms with E-state index in [4.69, 9.17) is 0 Å². The molecular weight excluding hydrogens is 291 g/mol. The quantitative estimate of drug-likeness (QED) is 0.840. The molecule has 2 aromatic rings. The van der Waals surface area contributed by atoms with E-state index in [9.17, 15) is 27.1 Å². The highest BCUT2D eigenvalue weighted by atomic mass is 19.4. The predicted molar refractivity (Wildman–Crippen MR) is 66.5 cm³/mol. The molecule has 0 saturated heterocycles. The van der Waals surface area contributed by atoms with E-state index in [1.165, 1.54) is 12.1 Å². The Bertz CT molecular complexity index is 616. The molecule has 1 atom stereocenters. The van der Waals surface area contributed by atoms with Crippen LogP contribution in [0.5, 0.6) is 0 Å². The summed E-state index contributed by atoms with van der Waals surface area (Å²) in [6, 6.07) is 6.95. The molecule has 0 saturated carbocycles. The van der Waals surface area contributed by atoms with Crippen molar-refractivity contribution in [2.75, 3.05) is 0 Å². The van der Waals surface area contributed by atoms with E-state index in [2.05, 4.69) is 0 Å². The van der Waals surface area contributed by atoms with Gasteiger partial charge < -0.3 is 5.11 Å². The van der Waals surface area contributed by atoms with Crippen molar-refractivity contribution < 1.29 is 27.1 Å². The van der Waals surface area contributed by atoms with Gasteiger partial charge in [-0.25, -0.2) is 8.78 Å². The molecule has 1 nitrogen and oxygen atoms in total. The van der Waals surface area contributed by atoms with Gasteiger partial charge in [-0.3, -0.25) is 0 Å². The minimum absolute atomic E-state index is 0.0366. The molecule has 0 aliphatic heterocycles. The Kier molecular flexibility index (Phi) is 4.27. The lowest BCUT2D eigenvalue weighted by molar-refractivity contribution is -0.137. The molecule has 2 rings (SSSR count). The highest BCUT2D eigenvalue weighted by Crippen LogP contribution is 2.31. The maximum absolute atomic E-state index is 13.0. The molecule has 0 spiro atoms. The predicted octanol–water partition coefficient (Wildman–Crippen LogP) is 4.26. The standard InChI is InChI=1S/C15H11F5O/c16-12-4-9(5-13(17)8-12)6-14(21)10-2-1-3-11(7-10)15(18,19)20/h1-5,7-8,14,21H,6H2. The normalized spacial score (nSPS) is 13.2. The van der Waals surface area contributed by atoms with Crippen molar-refractivity contribution in [3.63, 3.8) is 0 Å². The third-order valence-electron chi connectivity index (χ3n) is 2.95. The molecule has 0 bridgehead atoms. The average molecular weight is 302 g/mol. The lowest BCUT2D eigenvalue weighted by atomic mass is 9.99. The Hall–Kier alpha value is -1.95. The average Bonchev–Trinajstić information content (AvgIpc) is 2.36. The third-order valence-corrected chi connectivity index (χ3v) is 2.95. The van der Waals surface area contributed by atoms with Crippen LogP contribution in [0.3, 0.4) is 0 Å². The van der Waals surface area contributed by atoms with Gasteiger partial charge in [0.2, 0.25) is 0 Å². The molecule has 2 aromatic carbocycles. The van der Waals surface area contributed by atoms with Crippen molar-refractivity contribution >= 4 is 0 Å². The van der Waals surface area contributed by atoms with Crippen LogP contribution >= 0.6 is 0 Å². The molecule has 0 aliphatic rings. The van der Waals surface area contributed by atoms with Gasteiger partial charge in [0.1, 0.15) is 11.6 Å². The first-order valence-electron chi connectivity index (χ1n) is 6.06. The summed E-state index contributed by atoms with van der Waals surface area (Å²) in [7, 11) is 0. The summed E-state index contributed by atoms with van der Waals surface area (Å²) in [6.45, 7) is 0. The van der Waals surface area contributed by atoms with Crippen molar-refractivity contribution in [3.8, 4) is 0 Å². The number of aliphatic hydroxyl groups excluding tert-OH is 1. The van der Waals surface area contributed by atoms with E-state index in [0.29, 0.717) is 6.07 Å². The lowest BCUT2D eigenvalue weighted by Crippen LogP contribution is -2.08. The van der Waals surface area contributed by atoms with Crippen molar-refractivity contribution in [2.45, 2.75) is 18.7 Å². The molecule has 0 radical (unpaired) electrons. The first-order valence-corrected chi connectivity index (χ1v) is 6.06. The molecular formula is C15H11F5O. The van der Waals surface area contributed by atoms with Gasteiger partial charge in [0.05, 0.1) is 11.7 Å². The van der Waals surface area contributed by atoms with Crippen LogP contribution in [0.4, 0.5) is 22.0 Å².